The number of carbonyl (C=O) groups is 3. The summed E-state index contributed by atoms with van der Waals surface area (Å²) in [7, 11) is 1.59. The second-order valence-electron chi connectivity index (χ2n) is 4.41. The van der Waals surface area contributed by atoms with E-state index in [9.17, 15) is 14.4 Å². The first-order chi connectivity index (χ1) is 9.40. The molecule has 0 aliphatic rings. The summed E-state index contributed by atoms with van der Waals surface area (Å²) in [5.41, 5.74) is 0. The van der Waals surface area contributed by atoms with Crippen molar-refractivity contribution in [3.05, 3.63) is 21.9 Å². The second kappa shape index (κ2) is 7.64. The number of nitrogens with one attached hydrogen (secondary N) is 1. The maximum Gasteiger partial charge on any atom is 0.303 e. The molecule has 2 N–H and O–H groups in total. The molecule has 110 valence electrons. The Bertz CT molecular complexity index is 498. The molecular weight excluding hydrogens is 280 g/mol. The molecule has 7 heteroatoms. The Labute approximate surface area is 121 Å². The van der Waals surface area contributed by atoms with Crippen molar-refractivity contribution < 1.29 is 19.5 Å². The van der Waals surface area contributed by atoms with E-state index < -0.39 is 5.97 Å². The Balaban J connectivity index is 2.31. The highest BCUT2D eigenvalue weighted by molar-refractivity contribution is 7.13. The first kappa shape index (κ1) is 16.2. The first-order valence-electron chi connectivity index (χ1n) is 6.20. The van der Waals surface area contributed by atoms with Crippen LogP contribution in [0.25, 0.3) is 0 Å². The maximum atomic E-state index is 11.7. The van der Waals surface area contributed by atoms with E-state index >= 15 is 0 Å². The predicted octanol–water partition coefficient (Wildman–Crippen LogP) is 1.11. The minimum absolute atomic E-state index is 0.0262. The minimum Gasteiger partial charge on any atom is -0.481 e. The number of likely N-dealkylation sites (N-methyl/N-ethyl adjacent to an activating group) is 1. The molecule has 0 saturated carbocycles. The Hall–Kier alpha value is -1.89. The number of rotatable bonds is 7. The highest BCUT2D eigenvalue weighted by atomic mass is 32.1. The molecule has 0 aliphatic heterocycles. The molecule has 0 bridgehead atoms. The lowest BCUT2D eigenvalue weighted by Crippen LogP contribution is -2.38. The summed E-state index contributed by atoms with van der Waals surface area (Å²) >= 11 is 1.37. The van der Waals surface area contributed by atoms with E-state index in [1.54, 1.807) is 13.1 Å². The maximum absolute atomic E-state index is 11.7. The zero-order chi connectivity index (χ0) is 15.1. The standard InChI is InChI=1S/C13H18N2O4S/c1-9-5-6-10(20-9)13(19)14-8-11(16)15(2)7-3-4-12(17)18/h5-6H,3-4,7-8H2,1-2H3,(H,14,19)(H,17,18). The lowest BCUT2D eigenvalue weighted by atomic mass is 10.3. The number of thiophene rings is 1. The molecule has 1 rings (SSSR count). The largest absolute Gasteiger partial charge is 0.481 e. The molecule has 1 heterocycles. The highest BCUT2D eigenvalue weighted by Crippen LogP contribution is 2.14. The van der Waals surface area contributed by atoms with Crippen molar-refractivity contribution in [3.63, 3.8) is 0 Å². The minimum atomic E-state index is -0.882. The first-order valence-corrected chi connectivity index (χ1v) is 7.02. The summed E-state index contributed by atoms with van der Waals surface area (Å²) in [6.07, 6.45) is 0.425. The predicted molar refractivity (Wildman–Crippen MR) is 75.9 cm³/mol. The molecule has 0 atom stereocenters. The number of aryl methyl sites for hydroxylation is 1. The van der Waals surface area contributed by atoms with Gasteiger partial charge in [-0.1, -0.05) is 0 Å². The van der Waals surface area contributed by atoms with Crippen molar-refractivity contribution in [1.82, 2.24) is 10.2 Å². The van der Waals surface area contributed by atoms with E-state index in [1.165, 1.54) is 16.2 Å². The Morgan fingerprint density at radius 1 is 1.35 bits per heavy atom. The fraction of sp³-hybridized carbons (Fsp3) is 0.462. The normalized spacial score (nSPS) is 10.1. The number of hydrogen-bond donors (Lipinski definition) is 2. The van der Waals surface area contributed by atoms with Crippen LogP contribution in [0.5, 0.6) is 0 Å². The molecule has 1 aromatic heterocycles. The molecule has 0 saturated heterocycles. The van der Waals surface area contributed by atoms with Gasteiger partial charge in [0.05, 0.1) is 11.4 Å². The van der Waals surface area contributed by atoms with Crippen LogP contribution in [0.4, 0.5) is 0 Å². The van der Waals surface area contributed by atoms with Gasteiger partial charge in [-0.05, 0) is 25.5 Å². The average Bonchev–Trinajstić information content (AvgIpc) is 2.81. The van der Waals surface area contributed by atoms with Crippen molar-refractivity contribution in [2.75, 3.05) is 20.1 Å². The van der Waals surface area contributed by atoms with Crippen LogP contribution in [0.3, 0.4) is 0 Å². The van der Waals surface area contributed by atoms with Gasteiger partial charge >= 0.3 is 5.97 Å². The van der Waals surface area contributed by atoms with Crippen LogP contribution in [-0.2, 0) is 9.59 Å². The third-order valence-corrected chi connectivity index (χ3v) is 3.67. The van der Waals surface area contributed by atoms with E-state index in [0.717, 1.165) is 4.88 Å². The van der Waals surface area contributed by atoms with Crippen molar-refractivity contribution in [2.24, 2.45) is 0 Å². The van der Waals surface area contributed by atoms with Crippen molar-refractivity contribution in [3.8, 4) is 0 Å². The van der Waals surface area contributed by atoms with Crippen molar-refractivity contribution >= 4 is 29.1 Å². The fourth-order valence-corrected chi connectivity index (χ4v) is 2.31. The Morgan fingerprint density at radius 2 is 2.05 bits per heavy atom. The van der Waals surface area contributed by atoms with Gasteiger partial charge in [0.25, 0.3) is 5.91 Å². The van der Waals surface area contributed by atoms with Crippen LogP contribution in [0, 0.1) is 6.92 Å². The summed E-state index contributed by atoms with van der Waals surface area (Å²) in [6.45, 7) is 2.18. The van der Waals surface area contributed by atoms with E-state index in [0.29, 0.717) is 17.8 Å². The second-order valence-corrected chi connectivity index (χ2v) is 5.69. The SMILES string of the molecule is Cc1ccc(C(=O)NCC(=O)N(C)CCCC(=O)O)s1. The van der Waals surface area contributed by atoms with Gasteiger partial charge in [0.15, 0.2) is 0 Å². The number of hydrogen-bond acceptors (Lipinski definition) is 4. The third kappa shape index (κ3) is 5.40. The third-order valence-electron chi connectivity index (χ3n) is 2.67. The van der Waals surface area contributed by atoms with Gasteiger partial charge in [-0.25, -0.2) is 0 Å². The van der Waals surface area contributed by atoms with E-state index in [4.69, 9.17) is 5.11 Å². The number of amides is 2. The molecular formula is C13H18N2O4S. The number of carboxylic acid groups (broad SMARTS) is 1. The van der Waals surface area contributed by atoms with Crippen LogP contribution < -0.4 is 5.32 Å². The Kier molecular flexibility index (Phi) is 6.17. The molecule has 20 heavy (non-hydrogen) atoms. The van der Waals surface area contributed by atoms with Gasteiger partial charge in [0.2, 0.25) is 5.91 Å². The number of aliphatic carboxylic acids is 1. The lowest BCUT2D eigenvalue weighted by Gasteiger charge is -2.16. The Morgan fingerprint density at radius 3 is 2.60 bits per heavy atom. The van der Waals surface area contributed by atoms with E-state index in [1.807, 2.05) is 13.0 Å². The van der Waals surface area contributed by atoms with Crippen LogP contribution in [-0.4, -0.2) is 47.9 Å². The number of carbonyl (C=O) groups excluding carboxylic acids is 2. The quantitative estimate of drug-likeness (QED) is 0.789. The number of carboxylic acids is 1. The molecule has 0 spiro atoms. The molecule has 0 fully saturated rings. The van der Waals surface area contributed by atoms with E-state index in [2.05, 4.69) is 5.32 Å². The lowest BCUT2D eigenvalue weighted by molar-refractivity contribution is -0.137. The monoisotopic (exact) mass is 298 g/mol. The van der Waals surface area contributed by atoms with Gasteiger partial charge in [-0.2, -0.15) is 0 Å². The molecule has 6 nitrogen and oxygen atoms in total. The van der Waals surface area contributed by atoms with Gasteiger partial charge in [-0.15, -0.1) is 11.3 Å². The molecule has 1 aromatic rings. The summed E-state index contributed by atoms with van der Waals surface area (Å²) in [5.74, 6) is -1.39. The van der Waals surface area contributed by atoms with Gasteiger partial charge < -0.3 is 15.3 Å². The summed E-state index contributed by atoms with van der Waals surface area (Å²) < 4.78 is 0. The topological polar surface area (TPSA) is 86.7 Å². The summed E-state index contributed by atoms with van der Waals surface area (Å²) in [6, 6.07) is 3.57. The highest BCUT2D eigenvalue weighted by Gasteiger charge is 2.12. The zero-order valence-corrected chi connectivity index (χ0v) is 12.3. The summed E-state index contributed by atoms with van der Waals surface area (Å²) in [4.78, 5) is 36.9. The van der Waals surface area contributed by atoms with E-state index in [-0.39, 0.29) is 24.8 Å². The zero-order valence-electron chi connectivity index (χ0n) is 11.5. The van der Waals surface area contributed by atoms with Crippen molar-refractivity contribution in [1.29, 1.82) is 0 Å². The van der Waals surface area contributed by atoms with Crippen LogP contribution in [0.2, 0.25) is 0 Å². The van der Waals surface area contributed by atoms with Crippen LogP contribution >= 0.6 is 11.3 Å². The molecule has 0 aromatic carbocycles. The van der Waals surface area contributed by atoms with Crippen molar-refractivity contribution in [2.45, 2.75) is 19.8 Å². The molecule has 0 unspecified atom stereocenters. The smallest absolute Gasteiger partial charge is 0.303 e. The molecule has 2 amide bonds. The van der Waals surface area contributed by atoms with Gasteiger partial charge in [0.1, 0.15) is 0 Å². The van der Waals surface area contributed by atoms with Crippen LogP contribution in [0.1, 0.15) is 27.4 Å². The average molecular weight is 298 g/mol. The van der Waals surface area contributed by atoms with Gasteiger partial charge in [-0.3, -0.25) is 14.4 Å². The van der Waals surface area contributed by atoms with Crippen LogP contribution in [0.15, 0.2) is 12.1 Å². The van der Waals surface area contributed by atoms with Gasteiger partial charge in [0, 0.05) is 24.9 Å². The summed E-state index contributed by atoms with van der Waals surface area (Å²) in [5, 5.41) is 11.1. The molecule has 0 radical (unpaired) electrons. The number of nitrogens with zero attached hydrogens (tertiary/aromatic N) is 1. The fourth-order valence-electron chi connectivity index (χ4n) is 1.53. The molecule has 0 aliphatic carbocycles.